The lowest BCUT2D eigenvalue weighted by atomic mass is 10.0. The summed E-state index contributed by atoms with van der Waals surface area (Å²) in [7, 11) is 0. The van der Waals surface area contributed by atoms with E-state index in [9.17, 15) is 14.4 Å². The number of carbonyl (C=O) groups excluding carboxylic acids is 3. The van der Waals surface area contributed by atoms with Crippen molar-refractivity contribution in [2.24, 2.45) is 0 Å². The van der Waals surface area contributed by atoms with Gasteiger partial charge in [-0.3, -0.25) is 9.59 Å². The van der Waals surface area contributed by atoms with Gasteiger partial charge in [0.2, 0.25) is 0 Å². The van der Waals surface area contributed by atoms with Crippen LogP contribution in [0.15, 0.2) is 83.3 Å². The molecule has 236 valence electrons. The maximum absolute atomic E-state index is 12.8. The number of ether oxygens (including phenoxy) is 3. The van der Waals surface area contributed by atoms with Crippen molar-refractivity contribution < 1.29 is 33.0 Å². The van der Waals surface area contributed by atoms with Crippen LogP contribution in [-0.2, 0) is 37.1 Å². The quantitative estimate of drug-likeness (QED) is 0.195. The molecule has 45 heavy (non-hydrogen) atoms. The second kappa shape index (κ2) is 15.9. The number of anilines is 1. The topological polar surface area (TPSA) is 120 Å². The van der Waals surface area contributed by atoms with E-state index in [2.05, 4.69) is 10.3 Å². The molecule has 0 saturated carbocycles. The van der Waals surface area contributed by atoms with Gasteiger partial charge in [-0.1, -0.05) is 67.1 Å². The number of fused-ring (bicyclic) bond motifs is 1. The second-order valence-electron chi connectivity index (χ2n) is 11.1. The Balaban J connectivity index is 0.000000211. The van der Waals surface area contributed by atoms with Crippen LogP contribution in [0.4, 0.5) is 6.01 Å². The predicted octanol–water partition coefficient (Wildman–Crippen LogP) is 5.73. The first-order valence-electron chi connectivity index (χ1n) is 15.5. The lowest BCUT2D eigenvalue weighted by molar-refractivity contribution is -0.148. The average molecular weight is 614 g/mol. The molecule has 0 amide bonds. The number of rotatable bonds is 8. The van der Waals surface area contributed by atoms with Gasteiger partial charge in [0.15, 0.2) is 5.58 Å². The number of nitrogens with zero attached hydrogens (tertiary/aromatic N) is 2. The third-order valence-corrected chi connectivity index (χ3v) is 7.67. The highest BCUT2D eigenvalue weighted by molar-refractivity contribution is 5.82. The van der Waals surface area contributed by atoms with Crippen molar-refractivity contribution in [1.29, 1.82) is 0 Å². The van der Waals surface area contributed by atoms with Gasteiger partial charge in [-0.15, -0.1) is 0 Å². The zero-order valence-corrected chi connectivity index (χ0v) is 25.5. The summed E-state index contributed by atoms with van der Waals surface area (Å²) in [6.45, 7) is 3.54. The minimum Gasteiger partial charge on any atom is -0.460 e. The van der Waals surface area contributed by atoms with E-state index in [-0.39, 0.29) is 24.6 Å². The molecular weight excluding hydrogens is 574 g/mol. The molecular formula is C35H39N3O7. The van der Waals surface area contributed by atoms with E-state index in [0.717, 1.165) is 49.8 Å². The Hall–Kier alpha value is -4.70. The Bertz CT molecular complexity index is 1550. The first-order valence-corrected chi connectivity index (χ1v) is 15.5. The molecule has 2 aliphatic rings. The minimum absolute atomic E-state index is 0.0996. The molecule has 0 bridgehead atoms. The normalized spacial score (nSPS) is 17.9. The van der Waals surface area contributed by atoms with Gasteiger partial charge >= 0.3 is 17.9 Å². The standard InChI is InChI=1S/C22H22N2O5.C13H17NO2/c1-15(25)28-17-10-11-18-20(13-17)29-22(23-18)24-12-6-5-9-19(24)21(26)27-14-16-7-3-2-4-8-16;15-13(12-8-4-5-9-14-12)16-10-11-6-2-1-3-7-11/h2-4,7-8,10-11,13,19H,5-6,9,12,14H2,1H3;1-3,6-7,12,14H,4-5,8-10H2/t19-;12-/m00/s1. The van der Waals surface area contributed by atoms with E-state index in [0.29, 0.717) is 42.4 Å². The third-order valence-electron chi connectivity index (χ3n) is 7.67. The number of esters is 3. The Labute approximate surface area is 262 Å². The fraction of sp³-hybridized carbons (Fsp3) is 0.371. The number of aromatic nitrogens is 1. The molecule has 0 spiro atoms. The van der Waals surface area contributed by atoms with Gasteiger partial charge in [0, 0.05) is 19.5 Å². The van der Waals surface area contributed by atoms with Crippen molar-refractivity contribution in [3.8, 4) is 5.75 Å². The molecule has 10 nitrogen and oxygen atoms in total. The molecule has 10 heteroatoms. The van der Waals surface area contributed by atoms with E-state index in [1.807, 2.05) is 65.6 Å². The van der Waals surface area contributed by atoms with E-state index in [4.69, 9.17) is 18.6 Å². The second-order valence-corrected chi connectivity index (χ2v) is 11.1. The van der Waals surface area contributed by atoms with E-state index >= 15 is 0 Å². The predicted molar refractivity (Wildman–Crippen MR) is 168 cm³/mol. The van der Waals surface area contributed by atoms with Gasteiger partial charge < -0.3 is 28.8 Å². The number of hydrogen-bond donors (Lipinski definition) is 1. The fourth-order valence-electron chi connectivity index (χ4n) is 5.36. The molecule has 4 aromatic rings. The molecule has 2 fully saturated rings. The monoisotopic (exact) mass is 613 g/mol. The van der Waals surface area contributed by atoms with E-state index in [1.54, 1.807) is 18.2 Å². The summed E-state index contributed by atoms with van der Waals surface area (Å²) in [5.41, 5.74) is 3.12. The van der Waals surface area contributed by atoms with Crippen LogP contribution >= 0.6 is 0 Å². The maximum Gasteiger partial charge on any atom is 0.329 e. The highest BCUT2D eigenvalue weighted by Gasteiger charge is 2.33. The molecule has 3 aromatic carbocycles. The van der Waals surface area contributed by atoms with Gasteiger partial charge in [-0.2, -0.15) is 4.98 Å². The minimum atomic E-state index is -0.437. The molecule has 2 saturated heterocycles. The Morgan fingerprint density at radius 2 is 1.51 bits per heavy atom. The molecule has 1 aromatic heterocycles. The van der Waals surface area contributed by atoms with Crippen LogP contribution in [0, 0.1) is 0 Å². The summed E-state index contributed by atoms with van der Waals surface area (Å²) in [6, 6.07) is 24.2. The molecule has 2 aliphatic heterocycles. The van der Waals surface area contributed by atoms with E-state index in [1.165, 1.54) is 6.92 Å². The van der Waals surface area contributed by atoms with Crippen LogP contribution in [0.5, 0.6) is 5.75 Å². The SMILES string of the molecule is CC(=O)Oc1ccc2nc(N3CCCC[C@H]3C(=O)OCc3ccccc3)oc2c1.O=C(OCc1ccccc1)[C@@H]1CCCCN1. The molecule has 1 N–H and O–H groups in total. The van der Waals surface area contributed by atoms with Gasteiger partial charge in [-0.05, 0) is 61.9 Å². The van der Waals surface area contributed by atoms with Crippen LogP contribution in [0.25, 0.3) is 11.1 Å². The molecule has 0 aliphatic carbocycles. The lowest BCUT2D eigenvalue weighted by Gasteiger charge is -2.32. The highest BCUT2D eigenvalue weighted by atomic mass is 16.5. The highest BCUT2D eigenvalue weighted by Crippen LogP contribution is 2.30. The summed E-state index contributed by atoms with van der Waals surface area (Å²) in [5.74, 6) is -0.411. The Morgan fingerprint density at radius 3 is 2.16 bits per heavy atom. The van der Waals surface area contributed by atoms with Gasteiger partial charge in [-0.25, -0.2) is 4.79 Å². The molecule has 0 radical (unpaired) electrons. The number of benzene rings is 3. The van der Waals surface area contributed by atoms with Crippen LogP contribution in [0.2, 0.25) is 0 Å². The molecule has 3 heterocycles. The van der Waals surface area contributed by atoms with Crippen molar-refractivity contribution in [1.82, 2.24) is 10.3 Å². The van der Waals surface area contributed by atoms with Gasteiger partial charge in [0.05, 0.1) is 0 Å². The maximum atomic E-state index is 12.8. The molecule has 2 atom stereocenters. The zero-order chi connectivity index (χ0) is 31.4. The smallest absolute Gasteiger partial charge is 0.329 e. The Kier molecular flexibility index (Phi) is 11.2. The van der Waals surface area contributed by atoms with Crippen molar-refractivity contribution in [2.75, 3.05) is 18.0 Å². The van der Waals surface area contributed by atoms with Crippen LogP contribution in [0.3, 0.4) is 0 Å². The summed E-state index contributed by atoms with van der Waals surface area (Å²) in [5, 5.41) is 3.18. The Morgan fingerprint density at radius 1 is 0.844 bits per heavy atom. The number of carbonyl (C=O) groups is 3. The summed E-state index contributed by atoms with van der Waals surface area (Å²) in [4.78, 5) is 42.0. The first-order chi connectivity index (χ1) is 22.0. The van der Waals surface area contributed by atoms with Crippen LogP contribution < -0.4 is 15.0 Å². The largest absolute Gasteiger partial charge is 0.460 e. The van der Waals surface area contributed by atoms with Crippen molar-refractivity contribution in [3.63, 3.8) is 0 Å². The lowest BCUT2D eigenvalue weighted by Crippen LogP contribution is -2.45. The van der Waals surface area contributed by atoms with Gasteiger partial charge in [0.25, 0.3) is 6.01 Å². The molecule has 6 rings (SSSR count). The van der Waals surface area contributed by atoms with Crippen LogP contribution in [-0.4, -0.2) is 48.1 Å². The number of nitrogens with one attached hydrogen (secondary N) is 1. The zero-order valence-electron chi connectivity index (χ0n) is 25.5. The van der Waals surface area contributed by atoms with Crippen molar-refractivity contribution >= 4 is 35.0 Å². The van der Waals surface area contributed by atoms with Crippen molar-refractivity contribution in [3.05, 3.63) is 90.0 Å². The van der Waals surface area contributed by atoms with E-state index < -0.39 is 12.0 Å². The summed E-state index contributed by atoms with van der Waals surface area (Å²) < 4.78 is 21.8. The van der Waals surface area contributed by atoms with Crippen molar-refractivity contribution in [2.45, 2.75) is 70.7 Å². The fourth-order valence-corrected chi connectivity index (χ4v) is 5.36. The first kappa shape index (κ1) is 31.7. The average Bonchev–Trinajstić information content (AvgIpc) is 3.51. The van der Waals surface area contributed by atoms with Crippen LogP contribution in [0.1, 0.15) is 56.6 Å². The number of hydrogen-bond acceptors (Lipinski definition) is 10. The summed E-state index contributed by atoms with van der Waals surface area (Å²) in [6.07, 6.45) is 5.73. The van der Waals surface area contributed by atoms with Gasteiger partial charge in [0.1, 0.15) is 36.6 Å². The number of oxazole rings is 1. The third kappa shape index (κ3) is 9.15. The number of piperidine rings is 2. The molecule has 0 unspecified atom stereocenters. The summed E-state index contributed by atoms with van der Waals surface area (Å²) >= 11 is 0.